The predicted molar refractivity (Wildman–Crippen MR) is 110 cm³/mol. The van der Waals surface area contributed by atoms with E-state index in [1.54, 1.807) is 24.9 Å². The van der Waals surface area contributed by atoms with Crippen LogP contribution in [0.25, 0.3) is 11.4 Å². The molecular weight excluding hydrogens is 374 g/mol. The molecule has 0 atom stereocenters. The SMILES string of the molecule is C=CCn1c(SCc2cccc(C(=O)OC)c2)nnc1-c1ccccc1OC. The molecule has 3 rings (SSSR count). The van der Waals surface area contributed by atoms with E-state index in [4.69, 9.17) is 9.47 Å². The Bertz CT molecular complexity index is 985. The van der Waals surface area contributed by atoms with Crippen LogP contribution < -0.4 is 4.74 Å². The number of methoxy groups -OCH3 is 2. The zero-order chi connectivity index (χ0) is 19.9. The third-order valence-electron chi connectivity index (χ3n) is 4.09. The number of carbonyl (C=O) groups is 1. The highest BCUT2D eigenvalue weighted by molar-refractivity contribution is 7.98. The minimum absolute atomic E-state index is 0.347. The van der Waals surface area contributed by atoms with E-state index in [9.17, 15) is 4.79 Å². The minimum atomic E-state index is -0.347. The first kappa shape index (κ1) is 19.7. The quantitative estimate of drug-likeness (QED) is 0.323. The second-order valence-electron chi connectivity index (χ2n) is 5.89. The number of rotatable bonds is 8. The molecule has 0 fully saturated rings. The van der Waals surface area contributed by atoms with Crippen LogP contribution in [-0.2, 0) is 17.0 Å². The highest BCUT2D eigenvalue weighted by atomic mass is 32.2. The molecule has 28 heavy (non-hydrogen) atoms. The van der Waals surface area contributed by atoms with Gasteiger partial charge in [-0.2, -0.15) is 0 Å². The van der Waals surface area contributed by atoms with E-state index in [1.165, 1.54) is 7.11 Å². The number of benzene rings is 2. The van der Waals surface area contributed by atoms with E-state index >= 15 is 0 Å². The van der Waals surface area contributed by atoms with Crippen LogP contribution in [-0.4, -0.2) is 35.0 Å². The minimum Gasteiger partial charge on any atom is -0.496 e. The van der Waals surface area contributed by atoms with Gasteiger partial charge in [-0.15, -0.1) is 16.8 Å². The summed E-state index contributed by atoms with van der Waals surface area (Å²) in [5.74, 6) is 1.76. The number of hydrogen-bond donors (Lipinski definition) is 0. The summed E-state index contributed by atoms with van der Waals surface area (Å²) < 4.78 is 12.2. The summed E-state index contributed by atoms with van der Waals surface area (Å²) in [5, 5.41) is 9.50. The monoisotopic (exact) mass is 395 g/mol. The van der Waals surface area contributed by atoms with Crippen LogP contribution in [0.5, 0.6) is 5.75 Å². The number of para-hydroxylation sites is 1. The van der Waals surface area contributed by atoms with Crippen molar-refractivity contribution >= 4 is 17.7 Å². The van der Waals surface area contributed by atoms with Crippen LogP contribution in [0.1, 0.15) is 15.9 Å². The van der Waals surface area contributed by atoms with Crippen molar-refractivity contribution in [2.75, 3.05) is 14.2 Å². The largest absolute Gasteiger partial charge is 0.496 e. The molecule has 0 spiro atoms. The molecule has 0 aliphatic carbocycles. The van der Waals surface area contributed by atoms with E-state index in [0.717, 1.165) is 27.9 Å². The molecule has 0 saturated carbocycles. The molecule has 1 heterocycles. The van der Waals surface area contributed by atoms with Gasteiger partial charge < -0.3 is 9.47 Å². The average molecular weight is 395 g/mol. The Morgan fingerprint density at radius 2 is 2.00 bits per heavy atom. The molecule has 144 valence electrons. The van der Waals surface area contributed by atoms with Gasteiger partial charge in [0, 0.05) is 12.3 Å². The lowest BCUT2D eigenvalue weighted by atomic mass is 10.1. The number of aromatic nitrogens is 3. The van der Waals surface area contributed by atoms with Crippen LogP contribution in [0.4, 0.5) is 0 Å². The Morgan fingerprint density at radius 1 is 1.18 bits per heavy atom. The Morgan fingerprint density at radius 3 is 2.75 bits per heavy atom. The Balaban J connectivity index is 1.86. The van der Waals surface area contributed by atoms with Gasteiger partial charge in [0.2, 0.25) is 0 Å². The second-order valence-corrected chi connectivity index (χ2v) is 6.83. The van der Waals surface area contributed by atoms with E-state index in [1.807, 2.05) is 53.1 Å². The van der Waals surface area contributed by atoms with Gasteiger partial charge in [-0.1, -0.05) is 42.1 Å². The fourth-order valence-corrected chi connectivity index (χ4v) is 3.66. The summed E-state index contributed by atoms with van der Waals surface area (Å²) in [6.07, 6.45) is 1.81. The van der Waals surface area contributed by atoms with Gasteiger partial charge in [-0.3, -0.25) is 4.57 Å². The fraction of sp³-hybridized carbons (Fsp3) is 0.190. The van der Waals surface area contributed by atoms with Crippen molar-refractivity contribution in [2.24, 2.45) is 0 Å². The molecule has 2 aromatic carbocycles. The lowest BCUT2D eigenvalue weighted by Crippen LogP contribution is -2.02. The Kier molecular flexibility index (Phi) is 6.49. The van der Waals surface area contributed by atoms with E-state index in [-0.39, 0.29) is 5.97 Å². The van der Waals surface area contributed by atoms with E-state index in [0.29, 0.717) is 17.9 Å². The number of carbonyl (C=O) groups excluding carboxylic acids is 1. The van der Waals surface area contributed by atoms with Gasteiger partial charge in [0.1, 0.15) is 5.75 Å². The maximum Gasteiger partial charge on any atom is 0.337 e. The van der Waals surface area contributed by atoms with Gasteiger partial charge in [0.25, 0.3) is 0 Å². The van der Waals surface area contributed by atoms with E-state index < -0.39 is 0 Å². The van der Waals surface area contributed by atoms with Crippen LogP contribution in [0, 0.1) is 0 Å². The fourth-order valence-electron chi connectivity index (χ4n) is 2.77. The van der Waals surface area contributed by atoms with E-state index in [2.05, 4.69) is 16.8 Å². The first-order valence-corrected chi connectivity index (χ1v) is 9.64. The third-order valence-corrected chi connectivity index (χ3v) is 5.13. The molecule has 7 heteroatoms. The first-order valence-electron chi connectivity index (χ1n) is 8.65. The predicted octanol–water partition coefficient (Wildman–Crippen LogP) is 4.22. The number of allylic oxidation sites excluding steroid dienone is 1. The van der Waals surface area contributed by atoms with Gasteiger partial charge in [0.15, 0.2) is 11.0 Å². The summed E-state index contributed by atoms with van der Waals surface area (Å²) in [5.41, 5.74) is 2.40. The lowest BCUT2D eigenvalue weighted by molar-refractivity contribution is 0.0600. The zero-order valence-electron chi connectivity index (χ0n) is 15.8. The molecule has 0 amide bonds. The number of thioether (sulfide) groups is 1. The van der Waals surface area contributed by atoms with Gasteiger partial charge in [-0.25, -0.2) is 4.79 Å². The van der Waals surface area contributed by atoms with Crippen molar-refractivity contribution in [1.29, 1.82) is 0 Å². The number of ether oxygens (including phenoxy) is 2. The van der Waals surface area contributed by atoms with Gasteiger partial charge in [0.05, 0.1) is 25.3 Å². The summed E-state index contributed by atoms with van der Waals surface area (Å²) in [4.78, 5) is 11.7. The number of esters is 1. The van der Waals surface area contributed by atoms with Crippen LogP contribution in [0.3, 0.4) is 0 Å². The van der Waals surface area contributed by atoms with Crippen LogP contribution in [0.15, 0.2) is 66.3 Å². The van der Waals surface area contributed by atoms with Gasteiger partial charge in [-0.05, 0) is 29.8 Å². The maximum absolute atomic E-state index is 11.7. The van der Waals surface area contributed by atoms with Crippen molar-refractivity contribution in [3.63, 3.8) is 0 Å². The first-order chi connectivity index (χ1) is 13.7. The molecule has 0 saturated heterocycles. The molecule has 3 aromatic rings. The molecule has 6 nitrogen and oxygen atoms in total. The molecule has 0 aliphatic rings. The highest BCUT2D eigenvalue weighted by Crippen LogP contribution is 2.31. The standard InChI is InChI=1S/C21H21N3O3S/c1-4-12-24-19(17-10-5-6-11-18(17)26-2)22-23-21(24)28-14-15-8-7-9-16(13-15)20(25)27-3/h4-11,13H,1,12,14H2,2-3H3. The molecular formula is C21H21N3O3S. The molecule has 0 aliphatic heterocycles. The maximum atomic E-state index is 11.7. The summed E-state index contributed by atoms with van der Waals surface area (Å²) in [6.45, 7) is 4.42. The van der Waals surface area contributed by atoms with Crippen LogP contribution in [0.2, 0.25) is 0 Å². The second kappa shape index (κ2) is 9.23. The normalized spacial score (nSPS) is 10.5. The number of hydrogen-bond acceptors (Lipinski definition) is 6. The van der Waals surface area contributed by atoms with Crippen molar-refractivity contribution in [3.8, 4) is 17.1 Å². The number of nitrogens with zero attached hydrogens (tertiary/aromatic N) is 3. The van der Waals surface area contributed by atoms with Crippen molar-refractivity contribution < 1.29 is 14.3 Å². The summed E-state index contributed by atoms with van der Waals surface area (Å²) in [6, 6.07) is 15.1. The molecule has 0 bridgehead atoms. The molecule has 0 N–H and O–H groups in total. The molecule has 0 unspecified atom stereocenters. The lowest BCUT2D eigenvalue weighted by Gasteiger charge is -2.10. The van der Waals surface area contributed by atoms with Crippen molar-refractivity contribution in [3.05, 3.63) is 72.3 Å². The average Bonchev–Trinajstić information content (AvgIpc) is 3.14. The van der Waals surface area contributed by atoms with Crippen LogP contribution >= 0.6 is 11.8 Å². The smallest absolute Gasteiger partial charge is 0.337 e. The van der Waals surface area contributed by atoms with Gasteiger partial charge >= 0.3 is 5.97 Å². The highest BCUT2D eigenvalue weighted by Gasteiger charge is 2.17. The Hall–Kier alpha value is -3.06. The molecule has 0 radical (unpaired) electrons. The summed E-state index contributed by atoms with van der Waals surface area (Å²) >= 11 is 1.55. The van der Waals surface area contributed by atoms with Crippen molar-refractivity contribution in [1.82, 2.24) is 14.8 Å². The topological polar surface area (TPSA) is 66.2 Å². The molecule has 1 aromatic heterocycles. The third kappa shape index (κ3) is 4.26. The zero-order valence-corrected chi connectivity index (χ0v) is 16.6. The van der Waals surface area contributed by atoms with Crippen molar-refractivity contribution in [2.45, 2.75) is 17.5 Å². The Labute approximate surface area is 168 Å². The summed E-state index contributed by atoms with van der Waals surface area (Å²) in [7, 11) is 3.01.